The molecule has 0 radical (unpaired) electrons. The number of phenolic OH excluding ortho intramolecular Hbond substituents is 1. The normalized spacial score (nSPS) is 11.8. The second-order valence-corrected chi connectivity index (χ2v) is 6.57. The SMILES string of the molecule is COc1cc(C=NC(=N)[C@H](Cc2ccccc2)NOC(=O)c2cccnc2)ccc1O. The molecule has 0 amide bonds. The number of aromatic nitrogens is 1. The lowest BCUT2D eigenvalue weighted by Crippen LogP contribution is -2.39. The van der Waals surface area contributed by atoms with Crippen molar-refractivity contribution in [3.63, 3.8) is 0 Å². The molecule has 0 fully saturated rings. The molecule has 0 saturated carbocycles. The Labute approximate surface area is 179 Å². The Kier molecular flexibility index (Phi) is 7.45. The van der Waals surface area contributed by atoms with Crippen molar-refractivity contribution in [3.8, 4) is 11.5 Å². The molecule has 3 aromatic rings. The molecule has 0 saturated heterocycles. The molecule has 1 heterocycles. The molecule has 0 spiro atoms. The summed E-state index contributed by atoms with van der Waals surface area (Å²) in [6, 6.07) is 16.8. The number of carbonyl (C=O) groups is 1. The first kappa shape index (κ1) is 21.7. The van der Waals surface area contributed by atoms with E-state index in [1.807, 2.05) is 30.3 Å². The lowest BCUT2D eigenvalue weighted by Gasteiger charge is -2.17. The van der Waals surface area contributed by atoms with Gasteiger partial charge in [-0.05, 0) is 47.9 Å². The van der Waals surface area contributed by atoms with E-state index in [1.165, 1.54) is 25.6 Å². The number of hydrogen-bond donors (Lipinski definition) is 3. The summed E-state index contributed by atoms with van der Waals surface area (Å²) < 4.78 is 5.09. The summed E-state index contributed by atoms with van der Waals surface area (Å²) >= 11 is 0. The molecule has 8 heteroatoms. The Bertz CT molecular complexity index is 1060. The first-order valence-electron chi connectivity index (χ1n) is 9.47. The van der Waals surface area contributed by atoms with Crippen LogP contribution in [0.2, 0.25) is 0 Å². The minimum Gasteiger partial charge on any atom is -0.504 e. The van der Waals surface area contributed by atoms with E-state index in [2.05, 4.69) is 15.5 Å². The van der Waals surface area contributed by atoms with Gasteiger partial charge in [-0.15, -0.1) is 5.48 Å². The smallest absolute Gasteiger partial charge is 0.358 e. The van der Waals surface area contributed by atoms with Gasteiger partial charge in [0, 0.05) is 18.6 Å². The highest BCUT2D eigenvalue weighted by Gasteiger charge is 2.18. The van der Waals surface area contributed by atoms with Gasteiger partial charge in [0.15, 0.2) is 11.5 Å². The topological polar surface area (TPSA) is 117 Å². The standard InChI is InChI=1S/C23H22N4O4/c1-30-21-13-17(9-10-20(21)28)14-26-22(24)19(12-16-6-3-2-4-7-16)27-31-23(29)18-8-5-11-25-15-18/h2-11,13-15,19,24,27-28H,12H2,1H3/t19-/m0/s1. The number of methoxy groups -OCH3 is 1. The van der Waals surface area contributed by atoms with Crippen LogP contribution in [0.25, 0.3) is 0 Å². The van der Waals surface area contributed by atoms with Crippen molar-refractivity contribution in [1.82, 2.24) is 10.5 Å². The van der Waals surface area contributed by atoms with Crippen LogP contribution in [-0.4, -0.2) is 41.3 Å². The van der Waals surface area contributed by atoms with E-state index in [0.717, 1.165) is 5.56 Å². The lowest BCUT2D eigenvalue weighted by molar-refractivity contribution is 0.0211. The number of ether oxygens (including phenoxy) is 1. The zero-order valence-electron chi connectivity index (χ0n) is 16.9. The first-order chi connectivity index (χ1) is 15.1. The van der Waals surface area contributed by atoms with Crippen molar-refractivity contribution in [3.05, 3.63) is 89.7 Å². The maximum atomic E-state index is 12.2. The van der Waals surface area contributed by atoms with Gasteiger partial charge in [-0.25, -0.2) is 9.79 Å². The van der Waals surface area contributed by atoms with Crippen LogP contribution in [0.3, 0.4) is 0 Å². The number of phenols is 1. The van der Waals surface area contributed by atoms with Gasteiger partial charge in [0.1, 0.15) is 11.9 Å². The lowest BCUT2D eigenvalue weighted by atomic mass is 10.1. The molecule has 0 aliphatic heterocycles. The maximum absolute atomic E-state index is 12.2. The third kappa shape index (κ3) is 6.22. The van der Waals surface area contributed by atoms with Gasteiger partial charge < -0.3 is 14.7 Å². The van der Waals surface area contributed by atoms with E-state index in [4.69, 9.17) is 15.0 Å². The zero-order valence-corrected chi connectivity index (χ0v) is 16.9. The van der Waals surface area contributed by atoms with Crippen LogP contribution in [0.1, 0.15) is 21.5 Å². The minimum atomic E-state index is -0.682. The van der Waals surface area contributed by atoms with Crippen LogP contribution in [-0.2, 0) is 11.3 Å². The molecule has 0 unspecified atom stereocenters. The molecule has 2 aromatic carbocycles. The van der Waals surface area contributed by atoms with Crippen molar-refractivity contribution in [1.29, 1.82) is 5.41 Å². The molecule has 158 valence electrons. The number of amidine groups is 1. The molecule has 31 heavy (non-hydrogen) atoms. The fraction of sp³-hybridized carbons (Fsp3) is 0.130. The predicted octanol–water partition coefficient (Wildman–Crippen LogP) is 3.16. The number of benzene rings is 2. The number of nitrogens with one attached hydrogen (secondary N) is 2. The molecular weight excluding hydrogens is 396 g/mol. The van der Waals surface area contributed by atoms with Crippen LogP contribution in [0.4, 0.5) is 0 Å². The third-order valence-corrected chi connectivity index (χ3v) is 4.36. The van der Waals surface area contributed by atoms with Gasteiger partial charge in [-0.3, -0.25) is 10.4 Å². The second-order valence-electron chi connectivity index (χ2n) is 6.57. The molecule has 1 aromatic heterocycles. The molecule has 1 atom stereocenters. The zero-order chi connectivity index (χ0) is 22.1. The van der Waals surface area contributed by atoms with Crippen molar-refractivity contribution >= 4 is 18.0 Å². The number of aromatic hydroxyl groups is 1. The van der Waals surface area contributed by atoms with Crippen molar-refractivity contribution in [2.75, 3.05) is 7.11 Å². The summed E-state index contributed by atoms with van der Waals surface area (Å²) in [6.07, 6.45) is 4.83. The summed E-state index contributed by atoms with van der Waals surface area (Å²) in [5.74, 6) is -0.318. The van der Waals surface area contributed by atoms with Gasteiger partial charge in [0.25, 0.3) is 0 Å². The highest BCUT2D eigenvalue weighted by atomic mass is 16.7. The van der Waals surface area contributed by atoms with E-state index in [9.17, 15) is 9.90 Å². The Morgan fingerprint density at radius 2 is 2.03 bits per heavy atom. The number of hydroxylamine groups is 1. The highest BCUT2D eigenvalue weighted by molar-refractivity contribution is 5.96. The number of aliphatic imine (C=N–C) groups is 1. The molecule has 0 aliphatic carbocycles. The monoisotopic (exact) mass is 418 g/mol. The average Bonchev–Trinajstić information content (AvgIpc) is 2.82. The Morgan fingerprint density at radius 1 is 1.23 bits per heavy atom. The molecule has 0 bridgehead atoms. The van der Waals surface area contributed by atoms with Crippen LogP contribution in [0.5, 0.6) is 11.5 Å². The molecular formula is C23H22N4O4. The molecule has 8 nitrogen and oxygen atoms in total. The van der Waals surface area contributed by atoms with Crippen LogP contribution >= 0.6 is 0 Å². The second kappa shape index (κ2) is 10.7. The summed E-state index contributed by atoms with van der Waals surface area (Å²) in [6.45, 7) is 0. The van der Waals surface area contributed by atoms with Gasteiger partial charge in [-0.1, -0.05) is 30.3 Å². The fourth-order valence-electron chi connectivity index (χ4n) is 2.72. The van der Waals surface area contributed by atoms with E-state index >= 15 is 0 Å². The summed E-state index contributed by atoms with van der Waals surface area (Å²) in [7, 11) is 1.45. The summed E-state index contributed by atoms with van der Waals surface area (Å²) in [4.78, 5) is 25.5. The Balaban J connectivity index is 1.73. The van der Waals surface area contributed by atoms with Crippen molar-refractivity contribution in [2.24, 2.45) is 4.99 Å². The average molecular weight is 418 g/mol. The Hall–Kier alpha value is -4.04. The molecule has 3 N–H and O–H groups in total. The Morgan fingerprint density at radius 3 is 2.74 bits per heavy atom. The van der Waals surface area contributed by atoms with Gasteiger partial charge in [0.05, 0.1) is 12.7 Å². The van der Waals surface area contributed by atoms with Gasteiger partial charge in [0.2, 0.25) is 0 Å². The summed E-state index contributed by atoms with van der Waals surface area (Å²) in [5.41, 5.74) is 4.54. The third-order valence-electron chi connectivity index (χ3n) is 4.36. The first-order valence-corrected chi connectivity index (χ1v) is 9.47. The summed E-state index contributed by atoms with van der Waals surface area (Å²) in [5, 5.41) is 18.1. The number of carbonyl (C=O) groups excluding carboxylic acids is 1. The number of nitrogens with zero attached hydrogens (tertiary/aromatic N) is 2. The number of pyridine rings is 1. The van der Waals surface area contributed by atoms with Crippen LogP contribution < -0.4 is 10.2 Å². The van der Waals surface area contributed by atoms with Gasteiger partial charge in [-0.2, -0.15) is 0 Å². The number of rotatable bonds is 8. The van der Waals surface area contributed by atoms with Crippen LogP contribution in [0, 0.1) is 5.41 Å². The minimum absolute atomic E-state index is 0.0145. The quantitative estimate of drug-likeness (QED) is 0.294. The van der Waals surface area contributed by atoms with E-state index in [-0.39, 0.29) is 11.6 Å². The maximum Gasteiger partial charge on any atom is 0.358 e. The van der Waals surface area contributed by atoms with E-state index in [1.54, 1.807) is 30.5 Å². The van der Waals surface area contributed by atoms with Crippen LogP contribution in [0.15, 0.2) is 78.0 Å². The fourth-order valence-corrected chi connectivity index (χ4v) is 2.72. The van der Waals surface area contributed by atoms with E-state index < -0.39 is 12.0 Å². The van der Waals surface area contributed by atoms with Gasteiger partial charge >= 0.3 is 5.97 Å². The number of hydrogen-bond acceptors (Lipinski definition) is 7. The highest BCUT2D eigenvalue weighted by Crippen LogP contribution is 2.25. The molecule has 3 rings (SSSR count). The van der Waals surface area contributed by atoms with Crippen molar-refractivity contribution < 1.29 is 19.5 Å². The largest absolute Gasteiger partial charge is 0.504 e. The van der Waals surface area contributed by atoms with E-state index in [0.29, 0.717) is 23.3 Å². The molecule has 0 aliphatic rings. The van der Waals surface area contributed by atoms with Crippen molar-refractivity contribution in [2.45, 2.75) is 12.5 Å². The predicted molar refractivity (Wildman–Crippen MR) is 117 cm³/mol.